The van der Waals surface area contributed by atoms with E-state index in [9.17, 15) is 8.78 Å². The summed E-state index contributed by atoms with van der Waals surface area (Å²) in [6.07, 6.45) is 2.11. The molecule has 1 heterocycles. The lowest BCUT2D eigenvalue weighted by molar-refractivity contribution is 0.251. The van der Waals surface area contributed by atoms with Crippen molar-refractivity contribution < 1.29 is 8.78 Å². The quantitative estimate of drug-likeness (QED) is 0.779. The highest BCUT2D eigenvalue weighted by Gasteiger charge is 2.14. The minimum absolute atomic E-state index is 0. The summed E-state index contributed by atoms with van der Waals surface area (Å²) in [5.74, 6) is -1.06. The molecule has 1 nitrogen and oxygen atoms in total. The molecule has 12 heavy (non-hydrogen) atoms. The average Bonchev–Trinajstić information content (AvgIpc) is 2.03. The summed E-state index contributed by atoms with van der Waals surface area (Å²) in [6.45, 7) is 1.99. The van der Waals surface area contributed by atoms with Crippen LogP contribution in [0, 0.1) is 5.92 Å². The number of nitrogens with one attached hydrogen (secondary N) is 1. The fourth-order valence-electron chi connectivity index (χ4n) is 1.26. The molecular formula is C7H14ClF2NS. The molecule has 0 atom stereocenters. The summed E-state index contributed by atoms with van der Waals surface area (Å²) >= 11 is 0.777. The molecule has 1 fully saturated rings. The zero-order chi connectivity index (χ0) is 8.10. The van der Waals surface area contributed by atoms with Gasteiger partial charge in [0.15, 0.2) is 0 Å². The van der Waals surface area contributed by atoms with E-state index in [0.717, 1.165) is 37.7 Å². The van der Waals surface area contributed by atoms with Gasteiger partial charge >= 0.3 is 0 Å². The Morgan fingerprint density at radius 3 is 2.42 bits per heavy atom. The van der Waals surface area contributed by atoms with Crippen LogP contribution in [0.25, 0.3) is 0 Å². The van der Waals surface area contributed by atoms with Gasteiger partial charge in [-0.15, -0.1) is 12.4 Å². The lowest BCUT2D eigenvalue weighted by Gasteiger charge is -2.21. The minimum Gasteiger partial charge on any atom is -0.317 e. The topological polar surface area (TPSA) is 12.0 Å². The van der Waals surface area contributed by atoms with Gasteiger partial charge in [-0.2, -0.15) is 8.78 Å². The van der Waals surface area contributed by atoms with Crippen LogP contribution in [-0.4, -0.2) is 24.6 Å². The number of hydrogen-bond acceptors (Lipinski definition) is 2. The van der Waals surface area contributed by atoms with Crippen molar-refractivity contribution in [3.8, 4) is 0 Å². The number of thioether (sulfide) groups is 1. The molecule has 1 N–H and O–H groups in total. The van der Waals surface area contributed by atoms with Crippen molar-refractivity contribution in [1.29, 1.82) is 0 Å². The maximum absolute atomic E-state index is 11.7. The predicted molar refractivity (Wildman–Crippen MR) is 51.3 cm³/mol. The Hall–Kier alpha value is 0.460. The van der Waals surface area contributed by atoms with Gasteiger partial charge in [-0.1, -0.05) is 11.8 Å². The molecule has 74 valence electrons. The standard InChI is InChI=1S/C7H13F2NS.ClH/c8-7(9)11-5-6-1-3-10-4-2-6;/h6-7,10H,1-5H2;1H. The lowest BCUT2D eigenvalue weighted by Crippen LogP contribution is -2.28. The maximum atomic E-state index is 11.7. The first-order chi connectivity index (χ1) is 5.29. The Morgan fingerprint density at radius 2 is 1.92 bits per heavy atom. The molecule has 5 heteroatoms. The molecule has 0 radical (unpaired) electrons. The molecule has 0 aromatic rings. The van der Waals surface area contributed by atoms with Crippen molar-refractivity contribution in [3.63, 3.8) is 0 Å². The highest BCUT2D eigenvalue weighted by Crippen LogP contribution is 2.22. The minimum atomic E-state index is -2.19. The van der Waals surface area contributed by atoms with Crippen LogP contribution >= 0.6 is 24.2 Å². The van der Waals surface area contributed by atoms with Crippen molar-refractivity contribution in [2.45, 2.75) is 18.6 Å². The number of halogens is 3. The van der Waals surface area contributed by atoms with Crippen molar-refractivity contribution in [1.82, 2.24) is 5.32 Å². The molecule has 0 aliphatic carbocycles. The van der Waals surface area contributed by atoms with E-state index in [1.807, 2.05) is 0 Å². The van der Waals surface area contributed by atoms with Crippen LogP contribution in [-0.2, 0) is 0 Å². The van der Waals surface area contributed by atoms with E-state index in [2.05, 4.69) is 5.32 Å². The van der Waals surface area contributed by atoms with Gasteiger partial charge in [0.2, 0.25) is 0 Å². The first-order valence-corrected chi connectivity index (χ1v) is 4.94. The van der Waals surface area contributed by atoms with Gasteiger partial charge in [0, 0.05) is 5.75 Å². The van der Waals surface area contributed by atoms with Crippen LogP contribution < -0.4 is 5.32 Å². The molecule has 1 rings (SSSR count). The van der Waals surface area contributed by atoms with Crippen molar-refractivity contribution >= 4 is 24.2 Å². The lowest BCUT2D eigenvalue weighted by atomic mass is 10.0. The van der Waals surface area contributed by atoms with Crippen LogP contribution in [0.1, 0.15) is 12.8 Å². The first-order valence-electron chi connectivity index (χ1n) is 3.89. The molecular weight excluding hydrogens is 204 g/mol. The second-order valence-electron chi connectivity index (χ2n) is 2.79. The van der Waals surface area contributed by atoms with Crippen molar-refractivity contribution in [2.24, 2.45) is 5.92 Å². The van der Waals surface area contributed by atoms with Crippen LogP contribution in [0.3, 0.4) is 0 Å². The van der Waals surface area contributed by atoms with Crippen LogP contribution in [0.15, 0.2) is 0 Å². The third kappa shape index (κ3) is 5.17. The number of rotatable bonds is 3. The monoisotopic (exact) mass is 217 g/mol. The molecule has 0 aromatic carbocycles. The SMILES string of the molecule is Cl.FC(F)SCC1CCNCC1. The largest absolute Gasteiger partial charge is 0.317 e. The summed E-state index contributed by atoms with van der Waals surface area (Å²) in [7, 11) is 0. The number of alkyl halides is 2. The second-order valence-corrected chi connectivity index (χ2v) is 3.81. The summed E-state index contributed by atoms with van der Waals surface area (Å²) in [6, 6.07) is 0. The van der Waals surface area contributed by atoms with E-state index in [1.165, 1.54) is 0 Å². The van der Waals surface area contributed by atoms with E-state index in [1.54, 1.807) is 0 Å². The van der Waals surface area contributed by atoms with Gasteiger partial charge in [0.1, 0.15) is 0 Å². The molecule has 1 aliphatic rings. The zero-order valence-electron chi connectivity index (χ0n) is 6.76. The highest BCUT2D eigenvalue weighted by atomic mass is 35.5. The fourth-order valence-corrected chi connectivity index (χ4v) is 2.01. The summed E-state index contributed by atoms with van der Waals surface area (Å²) < 4.78 is 23.5. The Bertz CT molecular complexity index is 110. The second kappa shape index (κ2) is 6.92. The number of hydrogen-bond donors (Lipinski definition) is 1. The van der Waals surface area contributed by atoms with Gasteiger partial charge < -0.3 is 5.32 Å². The van der Waals surface area contributed by atoms with Gasteiger partial charge in [0.25, 0.3) is 5.76 Å². The van der Waals surface area contributed by atoms with Crippen molar-refractivity contribution in [3.05, 3.63) is 0 Å². The van der Waals surface area contributed by atoms with Gasteiger partial charge in [-0.05, 0) is 31.8 Å². The first kappa shape index (κ1) is 12.5. The zero-order valence-corrected chi connectivity index (χ0v) is 8.40. The summed E-state index contributed by atoms with van der Waals surface area (Å²) in [5.41, 5.74) is 0. The molecule has 1 aliphatic heterocycles. The third-order valence-electron chi connectivity index (χ3n) is 1.92. The molecule has 0 saturated carbocycles. The maximum Gasteiger partial charge on any atom is 0.284 e. The Balaban J connectivity index is 0.00000121. The van der Waals surface area contributed by atoms with Gasteiger partial charge in [-0.25, -0.2) is 0 Å². The summed E-state index contributed by atoms with van der Waals surface area (Å²) in [4.78, 5) is 0. The smallest absolute Gasteiger partial charge is 0.284 e. The van der Waals surface area contributed by atoms with Crippen molar-refractivity contribution in [2.75, 3.05) is 18.8 Å². The van der Waals surface area contributed by atoms with Crippen LogP contribution in [0.4, 0.5) is 8.78 Å². The average molecular weight is 218 g/mol. The summed E-state index contributed by atoms with van der Waals surface area (Å²) in [5, 5.41) is 3.21. The fraction of sp³-hybridized carbons (Fsp3) is 1.00. The van der Waals surface area contributed by atoms with Gasteiger partial charge in [0.05, 0.1) is 0 Å². The molecule has 0 unspecified atom stereocenters. The Morgan fingerprint density at radius 1 is 1.33 bits per heavy atom. The Labute approximate surface area is 82.1 Å². The van der Waals surface area contributed by atoms with Crippen LogP contribution in [0.5, 0.6) is 0 Å². The van der Waals surface area contributed by atoms with Gasteiger partial charge in [-0.3, -0.25) is 0 Å². The highest BCUT2D eigenvalue weighted by molar-refractivity contribution is 7.99. The van der Waals surface area contributed by atoms with E-state index in [0.29, 0.717) is 11.7 Å². The predicted octanol–water partition coefficient (Wildman–Crippen LogP) is 2.36. The molecule has 1 saturated heterocycles. The number of piperidine rings is 1. The molecule has 0 bridgehead atoms. The molecule has 0 aromatic heterocycles. The normalized spacial score (nSPS) is 19.2. The third-order valence-corrected chi connectivity index (χ3v) is 2.83. The molecule has 0 amide bonds. The van der Waals surface area contributed by atoms with E-state index in [4.69, 9.17) is 0 Å². The molecule has 0 spiro atoms. The Kier molecular flexibility index (Phi) is 7.19. The van der Waals surface area contributed by atoms with E-state index in [-0.39, 0.29) is 12.4 Å². The van der Waals surface area contributed by atoms with Crippen LogP contribution in [0.2, 0.25) is 0 Å². The van der Waals surface area contributed by atoms with E-state index < -0.39 is 5.76 Å². The van der Waals surface area contributed by atoms with E-state index >= 15 is 0 Å².